The Morgan fingerprint density at radius 2 is 2.06 bits per heavy atom. The Balaban J connectivity index is 1.95. The van der Waals surface area contributed by atoms with Crippen molar-refractivity contribution in [2.45, 2.75) is 12.8 Å². The zero-order chi connectivity index (χ0) is 11.4. The Morgan fingerprint density at radius 3 is 2.69 bits per heavy atom. The second kappa shape index (κ2) is 5.23. The van der Waals surface area contributed by atoms with E-state index in [2.05, 4.69) is 4.98 Å². The summed E-state index contributed by atoms with van der Waals surface area (Å²) >= 11 is 7.33. The Labute approximate surface area is 103 Å². The van der Waals surface area contributed by atoms with E-state index in [0.29, 0.717) is 23.4 Å². The zero-order valence-corrected chi connectivity index (χ0v) is 10.1. The molecule has 2 nitrogen and oxygen atoms in total. The quantitative estimate of drug-likeness (QED) is 0.777. The van der Waals surface area contributed by atoms with E-state index in [1.165, 1.54) is 0 Å². The normalized spacial score (nSPS) is 10.3. The van der Waals surface area contributed by atoms with Gasteiger partial charge in [0.1, 0.15) is 0 Å². The van der Waals surface area contributed by atoms with Crippen molar-refractivity contribution in [2.24, 2.45) is 0 Å². The highest BCUT2D eigenvalue weighted by molar-refractivity contribution is 7.09. The molecule has 0 atom stereocenters. The summed E-state index contributed by atoms with van der Waals surface area (Å²) in [6.45, 7) is 0. The first kappa shape index (κ1) is 11.3. The standard InChI is InChI=1S/C12H10ClNOS/c13-10-3-1-9(2-4-10)11(15)5-6-12-14-7-8-16-12/h1-4,7-8H,5-6H2. The van der Waals surface area contributed by atoms with Crippen LogP contribution in [0.4, 0.5) is 0 Å². The molecule has 0 aliphatic rings. The lowest BCUT2D eigenvalue weighted by molar-refractivity contribution is 0.0983. The molecule has 0 amide bonds. The zero-order valence-electron chi connectivity index (χ0n) is 8.52. The fraction of sp³-hybridized carbons (Fsp3) is 0.167. The molecule has 1 heterocycles. The number of hydrogen-bond donors (Lipinski definition) is 0. The van der Waals surface area contributed by atoms with Crippen LogP contribution in [0.2, 0.25) is 5.02 Å². The van der Waals surface area contributed by atoms with Crippen molar-refractivity contribution in [1.82, 2.24) is 4.98 Å². The Kier molecular flexibility index (Phi) is 3.70. The summed E-state index contributed by atoms with van der Waals surface area (Å²) in [5, 5.41) is 3.57. The van der Waals surface area contributed by atoms with Gasteiger partial charge in [-0.1, -0.05) is 11.6 Å². The summed E-state index contributed by atoms with van der Waals surface area (Å²) in [7, 11) is 0. The molecule has 2 rings (SSSR count). The van der Waals surface area contributed by atoms with Crippen LogP contribution in [0.5, 0.6) is 0 Å². The molecular formula is C12H10ClNOS. The lowest BCUT2D eigenvalue weighted by atomic mass is 10.1. The maximum Gasteiger partial charge on any atom is 0.163 e. The highest BCUT2D eigenvalue weighted by atomic mass is 35.5. The molecule has 1 aromatic carbocycles. The lowest BCUT2D eigenvalue weighted by Gasteiger charge is -1.99. The predicted molar refractivity (Wildman–Crippen MR) is 66.2 cm³/mol. The van der Waals surface area contributed by atoms with Crippen molar-refractivity contribution in [3.63, 3.8) is 0 Å². The highest BCUT2D eigenvalue weighted by Crippen LogP contribution is 2.13. The number of halogens is 1. The fourth-order valence-electron chi connectivity index (χ4n) is 1.38. The van der Waals surface area contributed by atoms with E-state index in [-0.39, 0.29) is 5.78 Å². The lowest BCUT2D eigenvalue weighted by Crippen LogP contribution is -2.00. The SMILES string of the molecule is O=C(CCc1nccs1)c1ccc(Cl)cc1. The molecule has 0 unspecified atom stereocenters. The van der Waals surface area contributed by atoms with Gasteiger partial charge in [0.05, 0.1) is 5.01 Å². The van der Waals surface area contributed by atoms with Gasteiger partial charge in [0.2, 0.25) is 0 Å². The predicted octanol–water partition coefficient (Wildman–Crippen LogP) is 3.61. The minimum Gasteiger partial charge on any atom is -0.294 e. The molecule has 0 radical (unpaired) electrons. The Bertz CT molecular complexity index is 464. The first-order valence-corrected chi connectivity index (χ1v) is 6.18. The number of ketones is 1. The largest absolute Gasteiger partial charge is 0.294 e. The van der Waals surface area contributed by atoms with Gasteiger partial charge in [-0.15, -0.1) is 11.3 Å². The van der Waals surface area contributed by atoms with E-state index in [1.54, 1.807) is 41.8 Å². The van der Waals surface area contributed by atoms with Crippen molar-refractivity contribution in [2.75, 3.05) is 0 Å². The van der Waals surface area contributed by atoms with Crippen molar-refractivity contribution in [3.8, 4) is 0 Å². The number of hydrogen-bond acceptors (Lipinski definition) is 3. The topological polar surface area (TPSA) is 30.0 Å². The molecule has 0 bridgehead atoms. The van der Waals surface area contributed by atoms with Gasteiger partial charge in [0.25, 0.3) is 0 Å². The van der Waals surface area contributed by atoms with Crippen molar-refractivity contribution >= 4 is 28.7 Å². The van der Waals surface area contributed by atoms with E-state index in [9.17, 15) is 4.79 Å². The maximum atomic E-state index is 11.8. The van der Waals surface area contributed by atoms with Gasteiger partial charge in [-0.25, -0.2) is 4.98 Å². The molecule has 0 aliphatic heterocycles. The second-order valence-electron chi connectivity index (χ2n) is 3.36. The maximum absolute atomic E-state index is 11.8. The molecule has 4 heteroatoms. The smallest absolute Gasteiger partial charge is 0.163 e. The molecule has 0 saturated heterocycles. The van der Waals surface area contributed by atoms with Crippen LogP contribution in [0.15, 0.2) is 35.8 Å². The van der Waals surface area contributed by atoms with E-state index in [1.807, 2.05) is 5.38 Å². The number of carbonyl (C=O) groups is 1. The number of thiazole rings is 1. The first-order valence-electron chi connectivity index (χ1n) is 4.93. The van der Waals surface area contributed by atoms with Gasteiger partial charge < -0.3 is 0 Å². The van der Waals surface area contributed by atoms with Crippen LogP contribution >= 0.6 is 22.9 Å². The fourth-order valence-corrected chi connectivity index (χ4v) is 2.12. The van der Waals surface area contributed by atoms with Crippen LogP contribution in [0, 0.1) is 0 Å². The summed E-state index contributed by atoms with van der Waals surface area (Å²) in [6, 6.07) is 6.98. The molecule has 82 valence electrons. The summed E-state index contributed by atoms with van der Waals surface area (Å²) in [5.74, 6) is 0.131. The minimum atomic E-state index is 0.131. The third-order valence-electron chi connectivity index (χ3n) is 2.22. The number of aryl methyl sites for hydroxylation is 1. The van der Waals surface area contributed by atoms with Crippen molar-refractivity contribution in [1.29, 1.82) is 0 Å². The number of carbonyl (C=O) groups excluding carboxylic acids is 1. The molecule has 0 saturated carbocycles. The molecule has 2 aromatic rings. The van der Waals surface area contributed by atoms with Crippen LogP contribution < -0.4 is 0 Å². The third-order valence-corrected chi connectivity index (χ3v) is 3.31. The van der Waals surface area contributed by atoms with Gasteiger partial charge in [-0.05, 0) is 24.3 Å². The summed E-state index contributed by atoms with van der Waals surface area (Å²) in [4.78, 5) is 15.9. The molecule has 0 N–H and O–H groups in total. The van der Waals surface area contributed by atoms with E-state index in [4.69, 9.17) is 11.6 Å². The Morgan fingerprint density at radius 1 is 1.31 bits per heavy atom. The second-order valence-corrected chi connectivity index (χ2v) is 4.77. The number of nitrogens with zero attached hydrogens (tertiary/aromatic N) is 1. The van der Waals surface area contributed by atoms with Gasteiger partial charge >= 0.3 is 0 Å². The molecule has 0 spiro atoms. The van der Waals surface area contributed by atoms with Crippen LogP contribution in [0.3, 0.4) is 0 Å². The molecule has 0 fully saturated rings. The van der Waals surface area contributed by atoms with Crippen LogP contribution in [0.1, 0.15) is 21.8 Å². The molecule has 1 aromatic heterocycles. The van der Waals surface area contributed by atoms with Crippen LogP contribution in [-0.4, -0.2) is 10.8 Å². The first-order chi connectivity index (χ1) is 7.75. The summed E-state index contributed by atoms with van der Waals surface area (Å²) < 4.78 is 0. The number of rotatable bonds is 4. The van der Waals surface area contributed by atoms with Crippen LogP contribution in [-0.2, 0) is 6.42 Å². The minimum absolute atomic E-state index is 0.131. The number of aromatic nitrogens is 1. The average Bonchev–Trinajstić information content (AvgIpc) is 2.80. The monoisotopic (exact) mass is 251 g/mol. The van der Waals surface area contributed by atoms with E-state index in [0.717, 1.165) is 5.01 Å². The summed E-state index contributed by atoms with van der Waals surface area (Å²) in [6.07, 6.45) is 2.96. The summed E-state index contributed by atoms with van der Waals surface area (Å²) in [5.41, 5.74) is 0.709. The van der Waals surface area contributed by atoms with Crippen molar-refractivity contribution < 1.29 is 4.79 Å². The van der Waals surface area contributed by atoms with Gasteiger partial charge in [-0.2, -0.15) is 0 Å². The highest BCUT2D eigenvalue weighted by Gasteiger charge is 2.06. The van der Waals surface area contributed by atoms with Gasteiger partial charge in [0, 0.05) is 35.0 Å². The number of Topliss-reactive ketones (excluding diaryl/α,β-unsaturated/α-hetero) is 1. The molecular weight excluding hydrogens is 242 g/mol. The average molecular weight is 252 g/mol. The molecule has 16 heavy (non-hydrogen) atoms. The molecule has 0 aliphatic carbocycles. The number of benzene rings is 1. The van der Waals surface area contributed by atoms with E-state index < -0.39 is 0 Å². The van der Waals surface area contributed by atoms with Gasteiger partial charge in [-0.3, -0.25) is 4.79 Å². The van der Waals surface area contributed by atoms with Gasteiger partial charge in [0.15, 0.2) is 5.78 Å². The van der Waals surface area contributed by atoms with Crippen LogP contribution in [0.25, 0.3) is 0 Å². The third kappa shape index (κ3) is 2.90. The van der Waals surface area contributed by atoms with Crippen molar-refractivity contribution in [3.05, 3.63) is 51.4 Å². The Hall–Kier alpha value is -1.19. The van der Waals surface area contributed by atoms with E-state index >= 15 is 0 Å².